The summed E-state index contributed by atoms with van der Waals surface area (Å²) >= 11 is 0. The van der Waals surface area contributed by atoms with Crippen LogP contribution in [0.2, 0.25) is 0 Å². The third-order valence-corrected chi connectivity index (χ3v) is 2.77. The highest BCUT2D eigenvalue weighted by Crippen LogP contribution is 2.25. The lowest BCUT2D eigenvalue weighted by molar-refractivity contribution is 0.553. The van der Waals surface area contributed by atoms with E-state index in [2.05, 4.69) is 22.4 Å². The van der Waals surface area contributed by atoms with Crippen molar-refractivity contribution in [2.24, 2.45) is 0 Å². The molecule has 0 fully saturated rings. The fraction of sp³-hybridized carbons (Fsp3) is 0.417. The van der Waals surface area contributed by atoms with Crippen LogP contribution < -0.4 is 5.73 Å². The first-order valence-corrected chi connectivity index (χ1v) is 5.95. The van der Waals surface area contributed by atoms with Gasteiger partial charge in [0.15, 0.2) is 5.82 Å². The number of halogens is 1. The Morgan fingerprint density at radius 2 is 2.17 bits per heavy atom. The summed E-state index contributed by atoms with van der Waals surface area (Å²) in [6.45, 7) is 4.43. The van der Waals surface area contributed by atoms with Crippen LogP contribution in [0, 0.1) is 12.7 Å². The van der Waals surface area contributed by atoms with Crippen LogP contribution in [0.15, 0.2) is 12.1 Å². The number of nitrogens with zero attached hydrogens (tertiary/aromatic N) is 4. The zero-order valence-electron chi connectivity index (χ0n) is 10.5. The highest BCUT2D eigenvalue weighted by atomic mass is 19.1. The SMILES string of the molecule is CCCCn1nnnc1-c1cc(N)cc(C)c1F. The third-order valence-electron chi connectivity index (χ3n) is 2.77. The summed E-state index contributed by atoms with van der Waals surface area (Å²) in [4.78, 5) is 0. The molecule has 0 atom stereocenters. The minimum atomic E-state index is -0.322. The molecule has 0 aliphatic heterocycles. The van der Waals surface area contributed by atoms with E-state index < -0.39 is 0 Å². The number of hydrogen-bond donors (Lipinski definition) is 1. The van der Waals surface area contributed by atoms with Gasteiger partial charge in [-0.05, 0) is 41.5 Å². The minimum Gasteiger partial charge on any atom is -0.399 e. The Balaban J connectivity index is 2.45. The Morgan fingerprint density at radius 3 is 2.89 bits per heavy atom. The Bertz CT molecular complexity index is 549. The first kappa shape index (κ1) is 12.5. The molecular formula is C12H16FN5. The van der Waals surface area contributed by atoms with Gasteiger partial charge in [-0.25, -0.2) is 9.07 Å². The number of rotatable bonds is 4. The lowest BCUT2D eigenvalue weighted by Gasteiger charge is -2.07. The van der Waals surface area contributed by atoms with Gasteiger partial charge in [0.25, 0.3) is 0 Å². The summed E-state index contributed by atoms with van der Waals surface area (Å²) in [5, 5.41) is 11.4. The summed E-state index contributed by atoms with van der Waals surface area (Å²) in [5.41, 5.74) is 7.10. The Hall–Kier alpha value is -1.98. The summed E-state index contributed by atoms with van der Waals surface area (Å²) in [6.07, 6.45) is 1.97. The predicted octanol–water partition coefficient (Wildman–Crippen LogP) is 2.17. The van der Waals surface area contributed by atoms with Gasteiger partial charge in [-0.2, -0.15) is 0 Å². The number of benzene rings is 1. The Kier molecular flexibility index (Phi) is 3.55. The second kappa shape index (κ2) is 5.12. The van der Waals surface area contributed by atoms with Crippen LogP contribution in [0.3, 0.4) is 0 Å². The fourth-order valence-electron chi connectivity index (χ4n) is 1.82. The van der Waals surface area contributed by atoms with Crippen LogP contribution in [0.25, 0.3) is 11.4 Å². The molecule has 6 heteroatoms. The Labute approximate surface area is 105 Å². The van der Waals surface area contributed by atoms with Crippen LogP contribution in [0.5, 0.6) is 0 Å². The van der Waals surface area contributed by atoms with Crippen LogP contribution in [0.1, 0.15) is 25.3 Å². The van der Waals surface area contributed by atoms with E-state index >= 15 is 0 Å². The molecule has 96 valence electrons. The molecule has 18 heavy (non-hydrogen) atoms. The lowest BCUT2D eigenvalue weighted by Crippen LogP contribution is -2.05. The molecule has 2 aromatic rings. The van der Waals surface area contributed by atoms with E-state index in [4.69, 9.17) is 5.73 Å². The number of aromatic nitrogens is 4. The van der Waals surface area contributed by atoms with Crippen molar-refractivity contribution in [2.75, 3.05) is 5.73 Å². The molecular weight excluding hydrogens is 233 g/mol. The smallest absolute Gasteiger partial charge is 0.185 e. The zero-order valence-corrected chi connectivity index (χ0v) is 10.5. The standard InChI is InChI=1S/C12H16FN5/c1-3-4-5-18-12(15-16-17-18)10-7-9(14)6-8(2)11(10)13/h6-7H,3-5,14H2,1-2H3. The van der Waals surface area contributed by atoms with Crippen LogP contribution in [-0.2, 0) is 6.54 Å². The number of nitrogens with two attached hydrogens (primary N) is 1. The lowest BCUT2D eigenvalue weighted by atomic mass is 10.1. The predicted molar refractivity (Wildman–Crippen MR) is 67.3 cm³/mol. The molecule has 2 N–H and O–H groups in total. The van der Waals surface area contributed by atoms with Gasteiger partial charge in [-0.3, -0.25) is 0 Å². The number of tetrazole rings is 1. The summed E-state index contributed by atoms with van der Waals surface area (Å²) in [5.74, 6) is 0.105. The molecule has 1 aromatic carbocycles. The minimum absolute atomic E-state index is 0.322. The average Bonchev–Trinajstić information content (AvgIpc) is 2.79. The van der Waals surface area contributed by atoms with E-state index in [0.29, 0.717) is 29.2 Å². The summed E-state index contributed by atoms with van der Waals surface area (Å²) in [6, 6.07) is 3.16. The van der Waals surface area contributed by atoms with Gasteiger partial charge in [0.2, 0.25) is 0 Å². The second-order valence-electron chi connectivity index (χ2n) is 4.28. The highest BCUT2D eigenvalue weighted by molar-refractivity contribution is 5.63. The maximum Gasteiger partial charge on any atom is 0.185 e. The summed E-state index contributed by atoms with van der Waals surface area (Å²) in [7, 11) is 0. The van der Waals surface area contributed by atoms with Gasteiger partial charge >= 0.3 is 0 Å². The highest BCUT2D eigenvalue weighted by Gasteiger charge is 2.15. The van der Waals surface area contributed by atoms with Gasteiger partial charge in [0.1, 0.15) is 5.82 Å². The van der Waals surface area contributed by atoms with Crippen molar-refractivity contribution in [3.05, 3.63) is 23.5 Å². The van der Waals surface area contributed by atoms with Crippen LogP contribution in [0.4, 0.5) is 10.1 Å². The average molecular weight is 249 g/mol. The fourth-order valence-corrected chi connectivity index (χ4v) is 1.82. The molecule has 0 bridgehead atoms. The van der Waals surface area contributed by atoms with Crippen molar-refractivity contribution in [3.8, 4) is 11.4 Å². The van der Waals surface area contributed by atoms with Crippen LogP contribution >= 0.6 is 0 Å². The number of aryl methyl sites for hydroxylation is 2. The molecule has 0 saturated heterocycles. The number of unbranched alkanes of at least 4 members (excludes halogenated alkanes) is 1. The summed E-state index contributed by atoms with van der Waals surface area (Å²) < 4.78 is 15.7. The molecule has 1 aromatic heterocycles. The number of nitrogen functional groups attached to an aromatic ring is 1. The van der Waals surface area contributed by atoms with Crippen molar-refractivity contribution < 1.29 is 4.39 Å². The van der Waals surface area contributed by atoms with Crippen molar-refractivity contribution in [1.82, 2.24) is 20.2 Å². The van der Waals surface area contributed by atoms with Gasteiger partial charge in [0.05, 0.1) is 5.56 Å². The first-order chi connectivity index (χ1) is 8.63. The molecule has 0 aliphatic carbocycles. The van der Waals surface area contributed by atoms with Gasteiger partial charge in [-0.15, -0.1) is 5.10 Å². The first-order valence-electron chi connectivity index (χ1n) is 5.95. The molecule has 1 heterocycles. The van der Waals surface area contributed by atoms with Crippen molar-refractivity contribution in [2.45, 2.75) is 33.2 Å². The molecule has 0 aliphatic rings. The maximum atomic E-state index is 14.1. The van der Waals surface area contributed by atoms with E-state index in [9.17, 15) is 4.39 Å². The second-order valence-corrected chi connectivity index (χ2v) is 4.28. The number of anilines is 1. The third kappa shape index (κ3) is 2.32. The van der Waals surface area contributed by atoms with Crippen molar-refractivity contribution >= 4 is 5.69 Å². The van der Waals surface area contributed by atoms with E-state index in [1.54, 1.807) is 23.7 Å². The van der Waals surface area contributed by atoms with Gasteiger partial charge in [0, 0.05) is 12.2 Å². The normalized spacial score (nSPS) is 10.8. The van der Waals surface area contributed by atoms with E-state index in [1.165, 1.54) is 0 Å². The topological polar surface area (TPSA) is 69.6 Å². The Morgan fingerprint density at radius 1 is 1.39 bits per heavy atom. The maximum absolute atomic E-state index is 14.1. The molecule has 0 saturated carbocycles. The molecule has 0 radical (unpaired) electrons. The molecule has 0 amide bonds. The van der Waals surface area contributed by atoms with Gasteiger partial charge in [-0.1, -0.05) is 13.3 Å². The van der Waals surface area contributed by atoms with Crippen molar-refractivity contribution in [1.29, 1.82) is 0 Å². The largest absolute Gasteiger partial charge is 0.399 e. The molecule has 5 nitrogen and oxygen atoms in total. The monoisotopic (exact) mass is 249 g/mol. The van der Waals surface area contributed by atoms with E-state index in [0.717, 1.165) is 12.8 Å². The van der Waals surface area contributed by atoms with E-state index in [1.807, 2.05) is 0 Å². The van der Waals surface area contributed by atoms with Crippen molar-refractivity contribution in [3.63, 3.8) is 0 Å². The van der Waals surface area contributed by atoms with Crippen LogP contribution in [-0.4, -0.2) is 20.2 Å². The zero-order chi connectivity index (χ0) is 13.1. The quantitative estimate of drug-likeness (QED) is 0.843. The van der Waals surface area contributed by atoms with Gasteiger partial charge < -0.3 is 5.73 Å². The molecule has 0 unspecified atom stereocenters. The molecule has 0 spiro atoms. The van der Waals surface area contributed by atoms with E-state index in [-0.39, 0.29) is 5.82 Å². The molecule has 2 rings (SSSR count). The number of hydrogen-bond acceptors (Lipinski definition) is 4.